The number of hydrogen-bond acceptors (Lipinski definition) is 4. The zero-order valence-electron chi connectivity index (χ0n) is 13.1. The monoisotopic (exact) mass is 295 g/mol. The second-order valence-corrected chi connectivity index (χ2v) is 7.05. The zero-order valence-corrected chi connectivity index (χ0v) is 14.0. The van der Waals surface area contributed by atoms with Crippen molar-refractivity contribution in [3.63, 3.8) is 0 Å². The SMILES string of the molecule is CCCN1CCC(CN)(N(C)C(C)c2cccs2)CC1. The molecule has 2 heterocycles. The van der Waals surface area contributed by atoms with Crippen LogP contribution in [0.1, 0.15) is 44.0 Å². The van der Waals surface area contributed by atoms with E-state index in [0.29, 0.717) is 6.04 Å². The van der Waals surface area contributed by atoms with Gasteiger partial charge in [0, 0.05) is 23.0 Å². The summed E-state index contributed by atoms with van der Waals surface area (Å²) in [7, 11) is 2.26. The molecule has 1 aliphatic rings. The van der Waals surface area contributed by atoms with Crippen LogP contribution in [0.3, 0.4) is 0 Å². The lowest BCUT2D eigenvalue weighted by atomic mass is 9.84. The van der Waals surface area contributed by atoms with Crippen LogP contribution in [0.4, 0.5) is 0 Å². The van der Waals surface area contributed by atoms with Crippen molar-refractivity contribution in [2.75, 3.05) is 33.2 Å². The highest BCUT2D eigenvalue weighted by atomic mass is 32.1. The molecule has 0 aromatic carbocycles. The van der Waals surface area contributed by atoms with E-state index in [2.05, 4.69) is 48.2 Å². The summed E-state index contributed by atoms with van der Waals surface area (Å²) in [5.74, 6) is 0. The molecule has 114 valence electrons. The third-order valence-electron chi connectivity index (χ3n) is 4.99. The summed E-state index contributed by atoms with van der Waals surface area (Å²) < 4.78 is 0. The van der Waals surface area contributed by atoms with E-state index in [9.17, 15) is 0 Å². The first-order chi connectivity index (χ1) is 9.63. The predicted molar refractivity (Wildman–Crippen MR) is 88.2 cm³/mol. The normalized spacial score (nSPS) is 21.2. The number of likely N-dealkylation sites (tertiary alicyclic amines) is 1. The first kappa shape index (κ1) is 16.0. The van der Waals surface area contributed by atoms with E-state index in [0.717, 1.165) is 6.54 Å². The Balaban J connectivity index is 2.04. The number of piperidine rings is 1. The highest BCUT2D eigenvalue weighted by Gasteiger charge is 2.39. The average molecular weight is 295 g/mol. The summed E-state index contributed by atoms with van der Waals surface area (Å²) in [6, 6.07) is 4.84. The third kappa shape index (κ3) is 3.25. The van der Waals surface area contributed by atoms with Gasteiger partial charge in [-0.15, -0.1) is 11.3 Å². The van der Waals surface area contributed by atoms with Gasteiger partial charge in [-0.1, -0.05) is 13.0 Å². The van der Waals surface area contributed by atoms with E-state index in [-0.39, 0.29) is 5.54 Å². The van der Waals surface area contributed by atoms with Gasteiger partial charge in [0.2, 0.25) is 0 Å². The largest absolute Gasteiger partial charge is 0.329 e. The van der Waals surface area contributed by atoms with Crippen molar-refractivity contribution in [3.8, 4) is 0 Å². The minimum Gasteiger partial charge on any atom is -0.329 e. The average Bonchev–Trinajstić information content (AvgIpc) is 3.01. The maximum Gasteiger partial charge on any atom is 0.0416 e. The van der Waals surface area contributed by atoms with Gasteiger partial charge in [0.05, 0.1) is 0 Å². The Bertz CT molecular complexity index is 382. The van der Waals surface area contributed by atoms with Gasteiger partial charge < -0.3 is 10.6 Å². The van der Waals surface area contributed by atoms with Crippen molar-refractivity contribution in [1.82, 2.24) is 9.80 Å². The maximum atomic E-state index is 6.19. The van der Waals surface area contributed by atoms with Gasteiger partial charge in [-0.3, -0.25) is 4.90 Å². The van der Waals surface area contributed by atoms with Crippen LogP contribution in [0.25, 0.3) is 0 Å². The van der Waals surface area contributed by atoms with Crippen LogP contribution in [0, 0.1) is 0 Å². The molecule has 1 atom stereocenters. The first-order valence-corrected chi connectivity index (χ1v) is 8.69. The van der Waals surface area contributed by atoms with Crippen LogP contribution in [-0.4, -0.2) is 48.6 Å². The van der Waals surface area contributed by atoms with Crippen LogP contribution >= 0.6 is 11.3 Å². The lowest BCUT2D eigenvalue weighted by Gasteiger charge is -2.49. The number of rotatable bonds is 6. The van der Waals surface area contributed by atoms with Gasteiger partial charge in [-0.2, -0.15) is 0 Å². The van der Waals surface area contributed by atoms with Crippen molar-refractivity contribution >= 4 is 11.3 Å². The fourth-order valence-electron chi connectivity index (χ4n) is 3.34. The first-order valence-electron chi connectivity index (χ1n) is 7.81. The zero-order chi connectivity index (χ0) is 14.6. The Kier molecular flexibility index (Phi) is 5.61. The van der Waals surface area contributed by atoms with E-state index in [1.54, 1.807) is 0 Å². The molecule has 4 heteroatoms. The standard InChI is InChI=1S/C16H29N3S/c1-4-9-19-10-7-16(13-17,8-11-19)18(3)14(2)15-6-5-12-20-15/h5-6,12,14H,4,7-11,13,17H2,1-3H3. The lowest BCUT2D eigenvalue weighted by Crippen LogP contribution is -2.58. The van der Waals surface area contributed by atoms with Crippen LogP contribution in [-0.2, 0) is 0 Å². The minimum atomic E-state index is 0.174. The van der Waals surface area contributed by atoms with Crippen molar-refractivity contribution in [1.29, 1.82) is 0 Å². The molecule has 2 N–H and O–H groups in total. The van der Waals surface area contributed by atoms with Crippen molar-refractivity contribution in [2.24, 2.45) is 5.73 Å². The topological polar surface area (TPSA) is 32.5 Å². The fourth-order valence-corrected chi connectivity index (χ4v) is 4.17. The Morgan fingerprint density at radius 2 is 2.15 bits per heavy atom. The molecule has 2 rings (SSSR count). The summed E-state index contributed by atoms with van der Waals surface area (Å²) in [6.45, 7) is 8.93. The quantitative estimate of drug-likeness (QED) is 0.876. The second-order valence-electron chi connectivity index (χ2n) is 6.07. The molecule has 0 amide bonds. The van der Waals surface area contributed by atoms with Gasteiger partial charge in [0.1, 0.15) is 0 Å². The Hall–Kier alpha value is -0.420. The molecule has 1 unspecified atom stereocenters. The lowest BCUT2D eigenvalue weighted by molar-refractivity contribution is 0.0214. The number of hydrogen-bond donors (Lipinski definition) is 1. The van der Waals surface area contributed by atoms with E-state index in [1.807, 2.05) is 11.3 Å². The van der Waals surface area contributed by atoms with Gasteiger partial charge in [-0.05, 0) is 64.3 Å². The molecule has 20 heavy (non-hydrogen) atoms. The van der Waals surface area contributed by atoms with Crippen LogP contribution in [0.2, 0.25) is 0 Å². The number of nitrogens with two attached hydrogens (primary N) is 1. The molecule has 3 nitrogen and oxygen atoms in total. The van der Waals surface area contributed by atoms with Crippen LogP contribution in [0.5, 0.6) is 0 Å². The van der Waals surface area contributed by atoms with Crippen molar-refractivity contribution < 1.29 is 0 Å². The Morgan fingerprint density at radius 1 is 1.45 bits per heavy atom. The van der Waals surface area contributed by atoms with Crippen molar-refractivity contribution in [2.45, 2.75) is 44.7 Å². The smallest absolute Gasteiger partial charge is 0.0416 e. The fraction of sp³-hybridized carbons (Fsp3) is 0.750. The number of thiophene rings is 1. The molecule has 0 bridgehead atoms. The highest BCUT2D eigenvalue weighted by Crippen LogP contribution is 2.35. The molecule has 1 aromatic rings. The summed E-state index contributed by atoms with van der Waals surface area (Å²) in [5.41, 5.74) is 6.37. The second kappa shape index (κ2) is 7.03. The van der Waals surface area contributed by atoms with E-state index >= 15 is 0 Å². The molecule has 1 saturated heterocycles. The molecule has 1 fully saturated rings. The molecule has 0 radical (unpaired) electrons. The summed E-state index contributed by atoms with van der Waals surface area (Å²) >= 11 is 1.85. The number of likely N-dealkylation sites (N-methyl/N-ethyl adjacent to an activating group) is 1. The van der Waals surface area contributed by atoms with Crippen LogP contribution < -0.4 is 5.73 Å². The van der Waals surface area contributed by atoms with Gasteiger partial charge in [0.15, 0.2) is 0 Å². The maximum absolute atomic E-state index is 6.19. The molecule has 1 aromatic heterocycles. The summed E-state index contributed by atoms with van der Waals surface area (Å²) in [4.78, 5) is 6.55. The van der Waals surface area contributed by atoms with E-state index in [1.165, 1.54) is 43.8 Å². The number of nitrogens with zero attached hydrogens (tertiary/aromatic N) is 2. The van der Waals surface area contributed by atoms with Gasteiger partial charge in [0.25, 0.3) is 0 Å². The summed E-state index contributed by atoms with van der Waals surface area (Å²) in [6.07, 6.45) is 3.63. The Morgan fingerprint density at radius 3 is 2.65 bits per heavy atom. The third-order valence-corrected chi connectivity index (χ3v) is 6.03. The molecule has 1 aliphatic heterocycles. The molecule has 0 spiro atoms. The van der Waals surface area contributed by atoms with Crippen molar-refractivity contribution in [3.05, 3.63) is 22.4 Å². The molecule has 0 aliphatic carbocycles. The summed E-state index contributed by atoms with van der Waals surface area (Å²) in [5, 5.41) is 2.17. The highest BCUT2D eigenvalue weighted by molar-refractivity contribution is 7.10. The van der Waals surface area contributed by atoms with E-state index < -0.39 is 0 Å². The van der Waals surface area contributed by atoms with E-state index in [4.69, 9.17) is 5.73 Å². The Labute approximate surface area is 127 Å². The van der Waals surface area contributed by atoms with Crippen LogP contribution in [0.15, 0.2) is 17.5 Å². The van der Waals surface area contributed by atoms with Gasteiger partial charge in [-0.25, -0.2) is 0 Å². The predicted octanol–water partition coefficient (Wildman–Crippen LogP) is 2.94. The molecule has 0 saturated carbocycles. The molecular formula is C16H29N3S. The minimum absolute atomic E-state index is 0.174. The van der Waals surface area contributed by atoms with Gasteiger partial charge >= 0.3 is 0 Å². The molecular weight excluding hydrogens is 266 g/mol.